The molecule has 1 aliphatic carbocycles. The molecule has 0 saturated carbocycles. The normalized spacial score (nSPS) is 18.0. The van der Waals surface area contributed by atoms with E-state index < -0.39 is 0 Å². The summed E-state index contributed by atoms with van der Waals surface area (Å²) in [6, 6.07) is 3.86. The van der Waals surface area contributed by atoms with Gasteiger partial charge in [-0.05, 0) is 50.5 Å². The van der Waals surface area contributed by atoms with Crippen molar-refractivity contribution in [2.75, 3.05) is 31.1 Å². The summed E-state index contributed by atoms with van der Waals surface area (Å²) in [7, 11) is 0. The summed E-state index contributed by atoms with van der Waals surface area (Å²) < 4.78 is 0. The van der Waals surface area contributed by atoms with Gasteiger partial charge >= 0.3 is 0 Å². The molecule has 0 bridgehead atoms. The van der Waals surface area contributed by atoms with Crippen LogP contribution in [0.2, 0.25) is 0 Å². The van der Waals surface area contributed by atoms with E-state index in [0.717, 1.165) is 62.0 Å². The Balaban J connectivity index is 1.53. The number of rotatable bonds is 2. The average Bonchev–Trinajstić information content (AvgIpc) is 3.05. The van der Waals surface area contributed by atoms with Crippen molar-refractivity contribution in [3.63, 3.8) is 0 Å². The number of nitrogens with zero attached hydrogens (tertiary/aromatic N) is 4. The third kappa shape index (κ3) is 3.40. The van der Waals surface area contributed by atoms with Crippen molar-refractivity contribution in [3.05, 3.63) is 39.5 Å². The van der Waals surface area contributed by atoms with Gasteiger partial charge < -0.3 is 9.80 Å². The van der Waals surface area contributed by atoms with Gasteiger partial charge in [0, 0.05) is 37.4 Å². The van der Waals surface area contributed by atoms with Crippen LogP contribution in [0, 0.1) is 6.92 Å². The fourth-order valence-electron chi connectivity index (χ4n) is 3.84. The van der Waals surface area contributed by atoms with E-state index >= 15 is 0 Å². The van der Waals surface area contributed by atoms with Crippen molar-refractivity contribution in [2.24, 2.45) is 0 Å². The maximum atomic E-state index is 12.6. The van der Waals surface area contributed by atoms with E-state index in [1.54, 1.807) is 0 Å². The summed E-state index contributed by atoms with van der Waals surface area (Å²) in [6.45, 7) is 5.37. The molecule has 0 radical (unpaired) electrons. The number of anilines is 1. The Morgan fingerprint density at radius 1 is 1.08 bits per heavy atom. The van der Waals surface area contributed by atoms with Gasteiger partial charge in [0.25, 0.3) is 5.91 Å². The lowest BCUT2D eigenvalue weighted by atomic mass is 9.96. The molecule has 0 atom stereocenters. The van der Waals surface area contributed by atoms with Gasteiger partial charge in [0.1, 0.15) is 11.6 Å². The molecular formula is C19H24N4OS. The van der Waals surface area contributed by atoms with Gasteiger partial charge in [0.2, 0.25) is 0 Å². The van der Waals surface area contributed by atoms with Crippen LogP contribution in [-0.4, -0.2) is 47.0 Å². The molecule has 3 heterocycles. The highest BCUT2D eigenvalue weighted by Gasteiger charge is 2.25. The summed E-state index contributed by atoms with van der Waals surface area (Å²) in [6.07, 6.45) is 5.59. The molecule has 1 fully saturated rings. The number of hydrogen-bond donors (Lipinski definition) is 0. The Morgan fingerprint density at radius 3 is 2.80 bits per heavy atom. The van der Waals surface area contributed by atoms with Crippen molar-refractivity contribution in [1.82, 2.24) is 14.9 Å². The standard InChI is InChI=1S/C19H24N4OS/c1-14-20-16-7-3-2-6-15(16)18(21-14)22-9-5-10-23(12-11-22)19(24)17-8-4-13-25-17/h4,8,13H,2-3,5-7,9-12H2,1H3. The molecule has 1 saturated heterocycles. The molecule has 4 rings (SSSR count). The van der Waals surface area contributed by atoms with Crippen molar-refractivity contribution in [2.45, 2.75) is 39.0 Å². The lowest BCUT2D eigenvalue weighted by molar-refractivity contribution is 0.0772. The predicted molar refractivity (Wildman–Crippen MR) is 100 cm³/mol. The van der Waals surface area contributed by atoms with Crippen LogP contribution in [0.15, 0.2) is 17.5 Å². The topological polar surface area (TPSA) is 49.3 Å². The van der Waals surface area contributed by atoms with Crippen molar-refractivity contribution in [1.29, 1.82) is 0 Å². The lowest BCUT2D eigenvalue weighted by Crippen LogP contribution is -2.35. The fourth-order valence-corrected chi connectivity index (χ4v) is 4.54. The average molecular weight is 356 g/mol. The van der Waals surface area contributed by atoms with Gasteiger partial charge in [0.05, 0.1) is 4.88 Å². The Labute approximate surface area is 152 Å². The molecule has 0 spiro atoms. The van der Waals surface area contributed by atoms with E-state index in [4.69, 9.17) is 4.98 Å². The molecule has 0 N–H and O–H groups in total. The highest BCUT2D eigenvalue weighted by molar-refractivity contribution is 7.12. The summed E-state index contributed by atoms with van der Waals surface area (Å²) in [4.78, 5) is 27.3. The Morgan fingerprint density at radius 2 is 1.96 bits per heavy atom. The van der Waals surface area contributed by atoms with Crippen molar-refractivity contribution in [3.8, 4) is 0 Å². The SMILES string of the molecule is Cc1nc2c(c(N3CCCN(C(=O)c4cccs4)CC3)n1)CCCC2. The Kier molecular flexibility index (Phi) is 4.70. The second-order valence-corrected chi connectivity index (χ2v) is 7.78. The second kappa shape index (κ2) is 7.12. The van der Waals surface area contributed by atoms with Crippen LogP contribution in [0.5, 0.6) is 0 Å². The summed E-state index contributed by atoms with van der Waals surface area (Å²) in [5.41, 5.74) is 2.58. The Bertz CT molecular complexity index is 759. The summed E-state index contributed by atoms with van der Waals surface area (Å²) >= 11 is 1.52. The predicted octanol–water partition coefficient (Wildman–Crippen LogP) is 3.08. The minimum absolute atomic E-state index is 0.165. The Hall–Kier alpha value is -1.95. The number of carbonyl (C=O) groups excluding carboxylic acids is 1. The molecule has 6 heteroatoms. The number of aryl methyl sites for hydroxylation is 2. The van der Waals surface area contributed by atoms with Crippen LogP contribution in [0.1, 0.15) is 46.0 Å². The number of carbonyl (C=O) groups is 1. The molecule has 132 valence electrons. The zero-order valence-corrected chi connectivity index (χ0v) is 15.5. The highest BCUT2D eigenvalue weighted by atomic mass is 32.1. The second-order valence-electron chi connectivity index (χ2n) is 6.84. The van der Waals surface area contributed by atoms with E-state index in [1.807, 2.05) is 29.3 Å². The zero-order valence-electron chi connectivity index (χ0n) is 14.7. The first kappa shape index (κ1) is 16.5. The van der Waals surface area contributed by atoms with Gasteiger partial charge in [-0.2, -0.15) is 0 Å². The third-order valence-electron chi connectivity index (χ3n) is 5.09. The molecule has 1 amide bonds. The maximum absolute atomic E-state index is 12.6. The smallest absolute Gasteiger partial charge is 0.263 e. The van der Waals surface area contributed by atoms with E-state index in [0.29, 0.717) is 0 Å². The number of thiophene rings is 1. The van der Waals surface area contributed by atoms with Crippen LogP contribution in [0.4, 0.5) is 5.82 Å². The quantitative estimate of drug-likeness (QED) is 0.830. The first-order chi connectivity index (χ1) is 12.2. The van der Waals surface area contributed by atoms with Gasteiger partial charge in [-0.1, -0.05) is 6.07 Å². The van der Waals surface area contributed by atoms with Gasteiger partial charge in [-0.25, -0.2) is 9.97 Å². The number of hydrogen-bond acceptors (Lipinski definition) is 5. The third-order valence-corrected chi connectivity index (χ3v) is 5.95. The molecular weight excluding hydrogens is 332 g/mol. The highest BCUT2D eigenvalue weighted by Crippen LogP contribution is 2.28. The van der Waals surface area contributed by atoms with Crippen LogP contribution in [0.3, 0.4) is 0 Å². The van der Waals surface area contributed by atoms with Crippen LogP contribution >= 0.6 is 11.3 Å². The number of aromatic nitrogens is 2. The zero-order chi connectivity index (χ0) is 17.2. The van der Waals surface area contributed by atoms with Crippen LogP contribution in [0.25, 0.3) is 0 Å². The maximum Gasteiger partial charge on any atom is 0.263 e. The monoisotopic (exact) mass is 356 g/mol. The number of fused-ring (bicyclic) bond motifs is 1. The molecule has 1 aliphatic heterocycles. The molecule has 2 aromatic heterocycles. The minimum atomic E-state index is 0.165. The molecule has 0 aromatic carbocycles. The lowest BCUT2D eigenvalue weighted by Gasteiger charge is -2.27. The molecule has 25 heavy (non-hydrogen) atoms. The number of amides is 1. The van der Waals surface area contributed by atoms with Gasteiger partial charge in [-0.15, -0.1) is 11.3 Å². The molecule has 5 nitrogen and oxygen atoms in total. The van der Waals surface area contributed by atoms with Gasteiger partial charge in [-0.3, -0.25) is 4.79 Å². The van der Waals surface area contributed by atoms with Crippen LogP contribution in [-0.2, 0) is 12.8 Å². The van der Waals surface area contributed by atoms with E-state index in [1.165, 1.54) is 35.4 Å². The largest absolute Gasteiger partial charge is 0.354 e. The molecule has 0 unspecified atom stereocenters. The summed E-state index contributed by atoms with van der Waals surface area (Å²) in [5, 5.41) is 1.97. The van der Waals surface area contributed by atoms with E-state index in [9.17, 15) is 4.79 Å². The van der Waals surface area contributed by atoms with Gasteiger partial charge in [0.15, 0.2) is 0 Å². The first-order valence-electron chi connectivity index (χ1n) is 9.16. The van der Waals surface area contributed by atoms with E-state index in [2.05, 4.69) is 9.88 Å². The summed E-state index contributed by atoms with van der Waals surface area (Å²) in [5.74, 6) is 2.15. The van der Waals surface area contributed by atoms with Crippen molar-refractivity contribution >= 4 is 23.1 Å². The molecule has 2 aromatic rings. The van der Waals surface area contributed by atoms with Crippen molar-refractivity contribution < 1.29 is 4.79 Å². The first-order valence-corrected chi connectivity index (χ1v) is 10.0. The van der Waals surface area contributed by atoms with Crippen LogP contribution < -0.4 is 4.90 Å². The molecule has 2 aliphatic rings. The van der Waals surface area contributed by atoms with E-state index in [-0.39, 0.29) is 5.91 Å². The fraction of sp³-hybridized carbons (Fsp3) is 0.526. The minimum Gasteiger partial charge on any atom is -0.354 e.